The van der Waals surface area contributed by atoms with Gasteiger partial charge < -0.3 is 5.73 Å². The average Bonchev–Trinajstić information content (AvgIpc) is 2.72. The van der Waals surface area contributed by atoms with Gasteiger partial charge in [0.15, 0.2) is 5.82 Å². The van der Waals surface area contributed by atoms with Gasteiger partial charge >= 0.3 is 0 Å². The third kappa shape index (κ3) is 2.72. The molecule has 5 rings (SSSR count). The van der Waals surface area contributed by atoms with Gasteiger partial charge in [-0.25, -0.2) is 4.98 Å². The second kappa shape index (κ2) is 6.37. The van der Waals surface area contributed by atoms with Crippen LogP contribution in [0.2, 0.25) is 0 Å². The predicted molar refractivity (Wildman–Crippen MR) is 116 cm³/mol. The third-order valence-corrected chi connectivity index (χ3v) is 4.95. The van der Waals surface area contributed by atoms with Gasteiger partial charge in [-0.3, -0.25) is 4.98 Å². The Morgan fingerprint density at radius 3 is 2.61 bits per heavy atom. The van der Waals surface area contributed by atoms with Gasteiger partial charge in [0.1, 0.15) is 5.52 Å². The summed E-state index contributed by atoms with van der Waals surface area (Å²) < 4.78 is 0. The summed E-state index contributed by atoms with van der Waals surface area (Å²) in [7, 11) is 0. The summed E-state index contributed by atoms with van der Waals surface area (Å²) in [5.74, 6) is 7.02. The van der Waals surface area contributed by atoms with Crippen molar-refractivity contribution >= 4 is 38.4 Å². The maximum Gasteiger partial charge on any atom is 0.150 e. The van der Waals surface area contributed by atoms with Crippen LogP contribution in [0.5, 0.6) is 0 Å². The van der Waals surface area contributed by atoms with E-state index in [9.17, 15) is 0 Å². The van der Waals surface area contributed by atoms with Crippen molar-refractivity contribution in [2.24, 2.45) is 0 Å². The molecule has 2 N–H and O–H groups in total. The van der Waals surface area contributed by atoms with Crippen LogP contribution < -0.4 is 5.73 Å². The van der Waals surface area contributed by atoms with Crippen LogP contribution in [-0.2, 0) is 0 Å². The molecule has 5 aromatic rings. The van der Waals surface area contributed by atoms with Gasteiger partial charge in [0, 0.05) is 28.1 Å². The van der Waals surface area contributed by atoms with Crippen molar-refractivity contribution in [3.63, 3.8) is 0 Å². The van der Waals surface area contributed by atoms with Crippen molar-refractivity contribution in [2.75, 3.05) is 5.73 Å². The summed E-state index contributed by atoms with van der Waals surface area (Å²) in [5.41, 5.74) is 10.7. The molecule has 3 aromatic carbocycles. The molecule has 0 aliphatic heterocycles. The average molecular weight is 359 g/mol. The number of aryl methyl sites for hydroxylation is 1. The smallest absolute Gasteiger partial charge is 0.150 e. The first kappa shape index (κ1) is 16.3. The molecule has 2 aromatic heterocycles. The molecular formula is C25H17N3. The second-order valence-corrected chi connectivity index (χ2v) is 6.91. The van der Waals surface area contributed by atoms with Gasteiger partial charge in [-0.1, -0.05) is 60.4 Å². The van der Waals surface area contributed by atoms with Crippen LogP contribution in [0.25, 0.3) is 32.6 Å². The molecule has 0 aliphatic rings. The number of hydrogen-bond donors (Lipinski definition) is 1. The zero-order valence-corrected chi connectivity index (χ0v) is 15.4. The Morgan fingerprint density at radius 2 is 1.68 bits per heavy atom. The fourth-order valence-corrected chi connectivity index (χ4v) is 3.56. The highest BCUT2D eigenvalue weighted by atomic mass is 14.9. The maximum absolute atomic E-state index is 6.14. The minimum Gasteiger partial charge on any atom is -0.382 e. The Labute approximate surface area is 162 Å². The lowest BCUT2D eigenvalue weighted by atomic mass is 10.0. The minimum atomic E-state index is 0.446. The molecule has 0 spiro atoms. The Bertz CT molecular complexity index is 1430. The molecule has 0 saturated heterocycles. The number of fused-ring (bicyclic) bond motifs is 4. The molecule has 0 saturated carbocycles. The van der Waals surface area contributed by atoms with Gasteiger partial charge in [0.2, 0.25) is 0 Å². The molecule has 0 radical (unpaired) electrons. The Balaban J connectivity index is 1.69. The zero-order chi connectivity index (χ0) is 19.1. The van der Waals surface area contributed by atoms with E-state index < -0.39 is 0 Å². The highest BCUT2D eigenvalue weighted by Crippen LogP contribution is 2.27. The number of benzene rings is 3. The number of nitrogen functional groups attached to an aromatic ring is 1. The van der Waals surface area contributed by atoms with Crippen molar-refractivity contribution in [1.29, 1.82) is 0 Å². The van der Waals surface area contributed by atoms with E-state index in [0.717, 1.165) is 38.4 Å². The normalized spacial score (nSPS) is 10.9. The summed E-state index contributed by atoms with van der Waals surface area (Å²) in [6.45, 7) is 2.05. The fourth-order valence-electron chi connectivity index (χ4n) is 3.56. The molecule has 0 aliphatic carbocycles. The molecule has 132 valence electrons. The van der Waals surface area contributed by atoms with E-state index in [-0.39, 0.29) is 0 Å². The third-order valence-electron chi connectivity index (χ3n) is 4.95. The van der Waals surface area contributed by atoms with Gasteiger partial charge in [-0.2, -0.15) is 0 Å². The highest BCUT2D eigenvalue weighted by Gasteiger charge is 2.08. The number of nitrogens with two attached hydrogens (primary N) is 1. The monoisotopic (exact) mass is 359 g/mol. The number of aromatic nitrogens is 2. The molecule has 0 atom stereocenters. The molecule has 0 fully saturated rings. The van der Waals surface area contributed by atoms with Crippen LogP contribution in [0.15, 0.2) is 72.9 Å². The largest absolute Gasteiger partial charge is 0.382 e. The van der Waals surface area contributed by atoms with Crippen LogP contribution in [0.3, 0.4) is 0 Å². The molecule has 0 unspecified atom stereocenters. The van der Waals surface area contributed by atoms with E-state index in [1.165, 1.54) is 5.39 Å². The summed E-state index contributed by atoms with van der Waals surface area (Å²) in [4.78, 5) is 9.04. The molecule has 0 amide bonds. The van der Waals surface area contributed by atoms with Crippen molar-refractivity contribution < 1.29 is 0 Å². The quantitative estimate of drug-likeness (QED) is 0.304. The van der Waals surface area contributed by atoms with Crippen molar-refractivity contribution in [2.45, 2.75) is 6.92 Å². The minimum absolute atomic E-state index is 0.446. The van der Waals surface area contributed by atoms with Crippen LogP contribution >= 0.6 is 0 Å². The summed E-state index contributed by atoms with van der Waals surface area (Å²) >= 11 is 0. The Kier molecular flexibility index (Phi) is 3.70. The fraction of sp³-hybridized carbons (Fsp3) is 0.0400. The first-order chi connectivity index (χ1) is 13.7. The van der Waals surface area contributed by atoms with E-state index in [1.54, 1.807) is 6.20 Å². The van der Waals surface area contributed by atoms with Crippen LogP contribution in [0.1, 0.15) is 16.7 Å². The lowest BCUT2D eigenvalue weighted by Crippen LogP contribution is -1.96. The first-order valence-electron chi connectivity index (χ1n) is 9.14. The lowest BCUT2D eigenvalue weighted by molar-refractivity contribution is 1.34. The molecule has 28 heavy (non-hydrogen) atoms. The molecule has 2 heterocycles. The van der Waals surface area contributed by atoms with Crippen LogP contribution in [0.4, 0.5) is 5.82 Å². The number of pyridine rings is 2. The topological polar surface area (TPSA) is 51.8 Å². The maximum atomic E-state index is 6.14. The molecule has 3 nitrogen and oxygen atoms in total. The first-order valence-corrected chi connectivity index (χ1v) is 9.14. The SMILES string of the molecule is Cc1ccc2c(c1)nc(N)c1ncc(C#Cc3cccc4ccccc34)cc12. The molecule has 3 heteroatoms. The van der Waals surface area contributed by atoms with Gasteiger partial charge in [0.05, 0.1) is 5.52 Å². The van der Waals surface area contributed by atoms with E-state index in [2.05, 4.69) is 58.2 Å². The van der Waals surface area contributed by atoms with E-state index in [1.807, 2.05) is 37.3 Å². The van der Waals surface area contributed by atoms with Crippen LogP contribution in [0, 0.1) is 18.8 Å². The Morgan fingerprint density at radius 1 is 0.821 bits per heavy atom. The van der Waals surface area contributed by atoms with Gasteiger partial charge in [-0.15, -0.1) is 0 Å². The predicted octanol–water partition coefficient (Wildman–Crippen LogP) is 5.23. The van der Waals surface area contributed by atoms with Gasteiger partial charge in [0.25, 0.3) is 0 Å². The van der Waals surface area contributed by atoms with E-state index in [0.29, 0.717) is 11.3 Å². The van der Waals surface area contributed by atoms with Crippen molar-refractivity contribution in [3.8, 4) is 11.8 Å². The number of nitrogens with zero attached hydrogens (tertiary/aromatic N) is 2. The summed E-state index contributed by atoms with van der Waals surface area (Å²) in [6, 6.07) is 22.7. The standard InChI is InChI=1S/C25H17N3/c1-16-9-12-21-22-14-17(15-27-24(22)25(26)28-23(21)13-16)10-11-19-7-4-6-18-5-2-3-8-20(18)19/h2-9,12-15H,1H3,(H2,26,28). The number of hydrogen-bond acceptors (Lipinski definition) is 3. The van der Waals surface area contributed by atoms with E-state index in [4.69, 9.17) is 5.73 Å². The molecular weight excluding hydrogens is 342 g/mol. The second-order valence-electron chi connectivity index (χ2n) is 6.91. The van der Waals surface area contributed by atoms with Gasteiger partial charge in [-0.05, 0) is 41.5 Å². The Hall–Kier alpha value is -3.90. The summed E-state index contributed by atoms with van der Waals surface area (Å²) in [5, 5.41) is 4.36. The zero-order valence-electron chi connectivity index (χ0n) is 15.4. The number of rotatable bonds is 0. The number of anilines is 1. The van der Waals surface area contributed by atoms with Crippen molar-refractivity contribution in [1.82, 2.24) is 9.97 Å². The van der Waals surface area contributed by atoms with E-state index >= 15 is 0 Å². The summed E-state index contributed by atoms with van der Waals surface area (Å²) in [6.07, 6.45) is 1.76. The molecule has 0 bridgehead atoms. The van der Waals surface area contributed by atoms with Crippen molar-refractivity contribution in [3.05, 3.63) is 89.6 Å². The lowest BCUT2D eigenvalue weighted by Gasteiger charge is -2.07. The highest BCUT2D eigenvalue weighted by molar-refractivity contribution is 6.08. The van der Waals surface area contributed by atoms with Crippen LogP contribution in [-0.4, -0.2) is 9.97 Å².